The molecule has 0 fully saturated rings. The Labute approximate surface area is 357 Å². The molecule has 1 aliphatic heterocycles. The van der Waals surface area contributed by atoms with Gasteiger partial charge in [0.25, 0.3) is 0 Å². The molecule has 0 saturated carbocycles. The van der Waals surface area contributed by atoms with Crippen molar-refractivity contribution in [1.82, 2.24) is 9.97 Å². The van der Waals surface area contributed by atoms with E-state index in [0.717, 1.165) is 45.0 Å². The van der Waals surface area contributed by atoms with Crippen LogP contribution in [0.2, 0.25) is 0 Å². The van der Waals surface area contributed by atoms with Crippen LogP contribution in [0.4, 0.5) is 0 Å². The number of hydrogen-bond acceptors (Lipinski definition) is 2. The van der Waals surface area contributed by atoms with E-state index in [0.29, 0.717) is 0 Å². The lowest BCUT2D eigenvalue weighted by atomic mass is 9.90. The smallest absolute Gasteiger partial charge is 0.185 e. The van der Waals surface area contributed by atoms with Crippen LogP contribution >= 0.6 is 0 Å². The minimum atomic E-state index is -3.34. The Morgan fingerprint density at radius 2 is 0.590 bits per heavy atom. The highest BCUT2D eigenvalue weighted by Crippen LogP contribution is 2.55. The average molecular weight is 793 g/mol. The summed E-state index contributed by atoms with van der Waals surface area (Å²) < 4.78 is 0. The van der Waals surface area contributed by atoms with Crippen LogP contribution in [0.1, 0.15) is 22.5 Å². The Morgan fingerprint density at radius 1 is 0.262 bits per heavy atom. The number of hydrogen-bond donors (Lipinski definition) is 0. The molecule has 1 aliphatic rings. The van der Waals surface area contributed by atoms with Crippen LogP contribution < -0.4 is 10.4 Å². The van der Waals surface area contributed by atoms with Gasteiger partial charge in [0.05, 0.1) is 22.8 Å². The topological polar surface area (TPSA) is 25.8 Å². The summed E-state index contributed by atoms with van der Waals surface area (Å²) >= 11 is 0. The fraction of sp³-hybridized carbons (Fsp3) is 0. The Kier molecular flexibility index (Phi) is 9.22. The van der Waals surface area contributed by atoms with E-state index in [1.54, 1.807) is 0 Å². The summed E-state index contributed by atoms with van der Waals surface area (Å²) in [5.41, 5.74) is 10.8. The van der Waals surface area contributed by atoms with Crippen molar-refractivity contribution >= 4 is 61.5 Å². The quantitative estimate of drug-likeness (QED) is 0.143. The summed E-state index contributed by atoms with van der Waals surface area (Å²) in [4.78, 5) is 11.6. The number of rotatable bonds is 8. The second-order valence-electron chi connectivity index (χ2n) is 15.6. The minimum absolute atomic E-state index is 0.948. The van der Waals surface area contributed by atoms with Gasteiger partial charge in [0.1, 0.15) is 0 Å². The maximum absolute atomic E-state index is 5.78. The molecule has 10 aromatic rings. The molecule has 61 heavy (non-hydrogen) atoms. The van der Waals surface area contributed by atoms with Crippen LogP contribution in [0.5, 0.6) is 0 Å². The molecule has 0 amide bonds. The van der Waals surface area contributed by atoms with Gasteiger partial charge < -0.3 is 0 Å². The third kappa shape index (κ3) is 6.18. The molecule has 2 aromatic heterocycles. The van der Waals surface area contributed by atoms with Gasteiger partial charge >= 0.3 is 0 Å². The van der Waals surface area contributed by atoms with Crippen molar-refractivity contribution < 1.29 is 0 Å². The minimum Gasteiger partial charge on any atom is -0.248 e. The number of nitrogens with zero attached hydrogens (tertiary/aromatic N) is 2. The lowest BCUT2D eigenvalue weighted by Crippen LogP contribution is -2.60. The second kappa shape index (κ2) is 15.5. The monoisotopic (exact) mass is 792 g/mol. The van der Waals surface area contributed by atoms with Gasteiger partial charge in [-0.3, -0.25) is 0 Å². The molecule has 3 heteroatoms. The van der Waals surface area contributed by atoms with Gasteiger partial charge in [-0.1, -0.05) is 218 Å². The van der Waals surface area contributed by atoms with E-state index >= 15 is 0 Å². The van der Waals surface area contributed by atoms with Crippen LogP contribution in [0, 0.1) is 0 Å². The Morgan fingerprint density at radius 3 is 1.02 bits per heavy atom. The molecule has 0 atom stereocenters. The number of allylic oxidation sites excluding steroid dienone is 2. The Bertz CT molecular complexity index is 3050. The zero-order chi connectivity index (χ0) is 40.6. The summed E-state index contributed by atoms with van der Waals surface area (Å²) in [6, 6.07) is 87.9. The molecule has 0 spiro atoms. The van der Waals surface area contributed by atoms with Crippen molar-refractivity contribution in [2.75, 3.05) is 0 Å². The molecule has 0 aliphatic carbocycles. The van der Waals surface area contributed by atoms with E-state index in [2.05, 4.69) is 243 Å². The molecule has 0 radical (unpaired) electrons. The van der Waals surface area contributed by atoms with Crippen LogP contribution in [0.25, 0.3) is 65.6 Å². The maximum Gasteiger partial charge on any atom is 0.185 e. The van der Waals surface area contributed by atoms with Gasteiger partial charge in [-0.25, -0.2) is 9.97 Å². The Balaban J connectivity index is 1.31. The highest BCUT2D eigenvalue weighted by atomic mass is 28.3. The van der Waals surface area contributed by atoms with Gasteiger partial charge in [0.15, 0.2) is 8.07 Å². The van der Waals surface area contributed by atoms with Crippen LogP contribution in [0.3, 0.4) is 0 Å². The van der Waals surface area contributed by atoms with Crippen LogP contribution in [-0.4, -0.2) is 18.0 Å². The lowest BCUT2D eigenvalue weighted by Gasteiger charge is -2.35. The first kappa shape index (κ1) is 36.4. The van der Waals surface area contributed by atoms with Crippen molar-refractivity contribution in [3.05, 3.63) is 265 Å². The van der Waals surface area contributed by atoms with E-state index in [-0.39, 0.29) is 0 Å². The van der Waals surface area contributed by atoms with Gasteiger partial charge in [0.2, 0.25) is 0 Å². The predicted molar refractivity (Wildman–Crippen MR) is 259 cm³/mol. The first-order chi connectivity index (χ1) is 30.3. The summed E-state index contributed by atoms with van der Waals surface area (Å²) in [6.45, 7) is 0. The number of aromatic nitrogens is 2. The standard InChI is InChI=1S/C58H40N2Si/c1-5-23-43(24-6-1)55-56(44-25-7-2-8-26-44)58(54-40-20-38-52(60-54)50-36-18-28-42-22-14-16-34-48(42)50)61(45-29-9-3-10-30-45,46-31-11-4-12-32-46)57(55)53-39-19-37-51(59-53)49-35-17-27-41-21-13-15-33-47(41)49/h1-40H. The first-order valence-corrected chi connectivity index (χ1v) is 22.9. The molecular formula is C58H40N2Si. The number of pyridine rings is 2. The van der Waals surface area contributed by atoms with E-state index in [1.165, 1.54) is 53.5 Å². The molecule has 3 heterocycles. The maximum atomic E-state index is 5.78. The van der Waals surface area contributed by atoms with Gasteiger partial charge in [-0.2, -0.15) is 0 Å². The third-order valence-electron chi connectivity index (χ3n) is 12.2. The van der Waals surface area contributed by atoms with E-state index in [9.17, 15) is 0 Å². The van der Waals surface area contributed by atoms with E-state index in [4.69, 9.17) is 9.97 Å². The highest BCUT2D eigenvalue weighted by molar-refractivity contribution is 7.29. The van der Waals surface area contributed by atoms with E-state index < -0.39 is 8.07 Å². The van der Waals surface area contributed by atoms with Crippen molar-refractivity contribution in [3.63, 3.8) is 0 Å². The van der Waals surface area contributed by atoms with Crippen LogP contribution in [0.15, 0.2) is 243 Å². The summed E-state index contributed by atoms with van der Waals surface area (Å²) in [6.07, 6.45) is 0. The third-order valence-corrected chi connectivity index (χ3v) is 17.1. The SMILES string of the molecule is c1ccc(C2=C(c3cccc(-c4cccc5ccccc45)n3)[Si](c3ccccc3)(c3ccccc3)C(c3cccc(-c4cccc5ccccc45)n3)=C2c2ccccc2)cc1. The van der Waals surface area contributed by atoms with Crippen molar-refractivity contribution in [3.8, 4) is 22.5 Å². The molecule has 8 aromatic carbocycles. The van der Waals surface area contributed by atoms with Crippen molar-refractivity contribution in [2.24, 2.45) is 0 Å². The van der Waals surface area contributed by atoms with Crippen molar-refractivity contribution in [1.29, 1.82) is 0 Å². The van der Waals surface area contributed by atoms with Gasteiger partial charge in [-0.05, 0) is 88.8 Å². The summed E-state index contributed by atoms with van der Waals surface area (Å²) in [5.74, 6) is 0. The highest BCUT2D eigenvalue weighted by Gasteiger charge is 2.54. The second-order valence-corrected chi connectivity index (χ2v) is 19.2. The molecule has 11 rings (SSSR count). The summed E-state index contributed by atoms with van der Waals surface area (Å²) in [5, 5.41) is 9.83. The predicted octanol–water partition coefficient (Wildman–Crippen LogP) is 13.0. The molecule has 2 nitrogen and oxygen atoms in total. The molecule has 0 bridgehead atoms. The normalized spacial score (nSPS) is 13.6. The zero-order valence-corrected chi connectivity index (χ0v) is 34.5. The van der Waals surface area contributed by atoms with E-state index in [1.807, 2.05) is 0 Å². The largest absolute Gasteiger partial charge is 0.248 e. The lowest BCUT2D eigenvalue weighted by molar-refractivity contribution is 1.29. The van der Waals surface area contributed by atoms with Gasteiger partial charge in [-0.15, -0.1) is 0 Å². The summed E-state index contributed by atoms with van der Waals surface area (Å²) in [7, 11) is -3.34. The number of benzene rings is 8. The van der Waals surface area contributed by atoms with Crippen LogP contribution in [-0.2, 0) is 0 Å². The van der Waals surface area contributed by atoms with Gasteiger partial charge in [0, 0.05) is 11.1 Å². The molecular weight excluding hydrogens is 753 g/mol. The molecule has 0 N–H and O–H groups in total. The molecule has 0 saturated heterocycles. The fourth-order valence-electron chi connectivity index (χ4n) is 9.64. The fourth-order valence-corrected chi connectivity index (χ4v) is 15.1. The first-order valence-electron chi connectivity index (χ1n) is 20.9. The van der Waals surface area contributed by atoms with Crippen molar-refractivity contribution in [2.45, 2.75) is 0 Å². The Hall–Kier alpha value is -7.72. The zero-order valence-electron chi connectivity index (χ0n) is 33.5. The number of fused-ring (bicyclic) bond motifs is 2. The molecule has 286 valence electrons. The average Bonchev–Trinajstić information content (AvgIpc) is 3.68. The molecule has 0 unspecified atom stereocenters.